The molecule has 0 spiro atoms. The number of methoxy groups -OCH3 is 2. The van der Waals surface area contributed by atoms with E-state index in [0.717, 1.165) is 14.2 Å². The van der Waals surface area contributed by atoms with Crippen LogP contribution in [-0.2, 0) is 23.9 Å². The van der Waals surface area contributed by atoms with Crippen molar-refractivity contribution in [1.82, 2.24) is 9.80 Å². The lowest BCUT2D eigenvalue weighted by atomic mass is 10.1. The maximum atomic E-state index is 11.6. The first kappa shape index (κ1) is 5.56. The van der Waals surface area contributed by atoms with Crippen LogP contribution < -0.4 is 0 Å². The summed E-state index contributed by atoms with van der Waals surface area (Å²) < 4.78 is 141. The molecule has 0 atom stereocenters. The fraction of sp³-hybridized carbons (Fsp3) is 0.800. The van der Waals surface area contributed by atoms with E-state index in [9.17, 15) is 14.4 Å². The Labute approximate surface area is 157 Å². The lowest BCUT2D eigenvalue weighted by molar-refractivity contribution is -0.141. The summed E-state index contributed by atoms with van der Waals surface area (Å²) in [7, 11) is 1.97. The van der Waals surface area contributed by atoms with E-state index in [-0.39, 0.29) is 4.90 Å². The molecular weight excluding hydrogens is 288 g/mol. The number of piperidine rings is 1. The normalized spacial score (nSPS) is 38.8. The van der Waals surface area contributed by atoms with Crippen molar-refractivity contribution in [1.29, 1.82) is 0 Å². The highest BCUT2D eigenvalue weighted by Gasteiger charge is 2.11. The van der Waals surface area contributed by atoms with Gasteiger partial charge >= 0.3 is 11.9 Å². The van der Waals surface area contributed by atoms with Gasteiger partial charge in [0.1, 0.15) is 5.78 Å². The third-order valence-corrected chi connectivity index (χ3v) is 1.78. The molecule has 1 rings (SSSR count). The molecule has 1 aliphatic heterocycles. The number of hydrogen-bond donors (Lipinski definition) is 0. The van der Waals surface area contributed by atoms with Crippen molar-refractivity contribution in [2.45, 2.75) is 25.6 Å². The molecular formula is C15H28N2O5. The summed E-state index contributed by atoms with van der Waals surface area (Å²) in [6.07, 6.45) is -9.03. The lowest BCUT2D eigenvalue weighted by Crippen LogP contribution is -2.29. The van der Waals surface area contributed by atoms with Crippen LogP contribution in [0.1, 0.15) is 50.3 Å². The van der Waals surface area contributed by atoms with Crippen molar-refractivity contribution >= 4 is 17.7 Å². The maximum Gasteiger partial charge on any atom is 0.306 e. The standard InChI is InChI=1S/C9H17NO4.C6H11NO/c1-10(6-4-8(11)13-2)7-5-9(12)14-3;1-7-4-2-6(8)3-5-7/h4-7H2,1-3H3;2-5H2,1H3/i1D3,6D2,7D2;1D3,2D2,3D2,4D2,5D2. The Hall–Kier alpha value is -1.47. The van der Waals surface area contributed by atoms with Crippen molar-refractivity contribution in [3.05, 3.63) is 0 Å². The highest BCUT2D eigenvalue weighted by molar-refractivity contribution is 5.79. The number of nitrogens with zero attached hydrogens (tertiary/aromatic N) is 2. The molecule has 0 N–H and O–H groups in total. The molecule has 1 fully saturated rings. The summed E-state index contributed by atoms with van der Waals surface area (Å²) in [5, 5.41) is 0. The van der Waals surface area contributed by atoms with Crippen LogP contribution in [0.5, 0.6) is 0 Å². The molecule has 0 radical (unpaired) electrons. The van der Waals surface area contributed by atoms with Crippen LogP contribution >= 0.6 is 0 Å². The second-order valence-corrected chi connectivity index (χ2v) is 3.30. The molecule has 0 aliphatic carbocycles. The zero-order valence-corrected chi connectivity index (χ0v) is 11.8. The number of carbonyl (C=O) groups is 3. The molecule has 1 heterocycles. The summed E-state index contributed by atoms with van der Waals surface area (Å²) in [5.74, 6) is -4.07. The number of likely N-dealkylation sites (tertiary alicyclic amines) is 1. The van der Waals surface area contributed by atoms with Gasteiger partial charge in [-0.25, -0.2) is 0 Å². The zero-order valence-electron chi connectivity index (χ0n) is 29.8. The first-order valence-electron chi connectivity index (χ1n) is 14.6. The Morgan fingerprint density at radius 2 is 1.73 bits per heavy atom. The average molecular weight is 335 g/mol. The predicted molar refractivity (Wildman–Crippen MR) is 82.5 cm³/mol. The van der Waals surface area contributed by atoms with E-state index in [4.69, 9.17) is 24.7 Å². The second kappa shape index (κ2) is 12.1. The highest BCUT2D eigenvalue weighted by Crippen LogP contribution is 2.01. The molecule has 0 saturated carbocycles. The van der Waals surface area contributed by atoms with E-state index >= 15 is 0 Å². The van der Waals surface area contributed by atoms with Gasteiger partial charge in [-0.05, 0) is 14.0 Å². The molecule has 0 bridgehead atoms. The quantitative estimate of drug-likeness (QED) is 0.648. The number of hydrogen-bond acceptors (Lipinski definition) is 7. The van der Waals surface area contributed by atoms with Gasteiger partial charge in [0.25, 0.3) is 0 Å². The van der Waals surface area contributed by atoms with Crippen LogP contribution in [0, 0.1) is 0 Å². The van der Waals surface area contributed by atoms with Gasteiger partial charge in [0.05, 0.1) is 27.1 Å². The van der Waals surface area contributed by atoms with Crippen LogP contribution in [0.3, 0.4) is 0 Å². The number of Topliss-reactive ketones (excluding diaryl/α,β-unsaturated/α-hetero) is 1. The average Bonchev–Trinajstić information content (AvgIpc) is 2.68. The molecule has 22 heavy (non-hydrogen) atoms. The Kier molecular flexibility index (Phi) is 3.06. The molecule has 0 aromatic heterocycles. The van der Waals surface area contributed by atoms with Crippen molar-refractivity contribution < 1.29 is 48.5 Å². The van der Waals surface area contributed by atoms with Crippen LogP contribution in [0.15, 0.2) is 0 Å². The molecule has 0 unspecified atom stereocenters. The van der Waals surface area contributed by atoms with E-state index in [1.54, 1.807) is 0 Å². The number of carbonyl (C=O) groups excluding carboxylic acids is 3. The minimum atomic E-state index is -3.52. The first-order chi connectivity index (χ1) is 17.3. The zero-order chi connectivity index (χ0) is 32.7. The minimum Gasteiger partial charge on any atom is -0.469 e. The van der Waals surface area contributed by atoms with Crippen molar-refractivity contribution in [3.63, 3.8) is 0 Å². The molecule has 7 nitrogen and oxygen atoms in total. The minimum absolute atomic E-state index is 0.138. The first-order valence-corrected chi connectivity index (χ1v) is 5.59. The molecule has 128 valence electrons. The van der Waals surface area contributed by atoms with E-state index in [1.807, 2.05) is 0 Å². The van der Waals surface area contributed by atoms with Gasteiger partial charge in [0.2, 0.25) is 0 Å². The molecule has 0 aromatic carbocycles. The van der Waals surface area contributed by atoms with Gasteiger partial charge in [0.15, 0.2) is 0 Å². The second-order valence-electron chi connectivity index (χ2n) is 3.30. The number of ketones is 1. The summed E-state index contributed by atoms with van der Waals surface area (Å²) >= 11 is 0. The Bertz CT molecular complexity index is 900. The molecule has 7 heteroatoms. The Morgan fingerprint density at radius 1 is 1.23 bits per heavy atom. The summed E-state index contributed by atoms with van der Waals surface area (Å²) in [6, 6.07) is 0. The molecule has 0 aromatic rings. The van der Waals surface area contributed by atoms with Gasteiger partial charge in [-0.15, -0.1) is 0 Å². The number of rotatable bonds is 6. The third-order valence-electron chi connectivity index (χ3n) is 1.78. The van der Waals surface area contributed by atoms with E-state index in [2.05, 4.69) is 9.47 Å². The predicted octanol–water partition coefficient (Wildman–Crippen LogP) is 0.325. The van der Waals surface area contributed by atoms with Crippen LogP contribution in [-0.4, -0.2) is 81.7 Å². The summed E-state index contributed by atoms with van der Waals surface area (Å²) in [5.41, 5.74) is 0. The third kappa shape index (κ3) is 11.2. The van der Waals surface area contributed by atoms with E-state index in [1.165, 1.54) is 0 Å². The lowest BCUT2D eigenvalue weighted by Gasteiger charge is -2.19. The van der Waals surface area contributed by atoms with E-state index < -0.39 is 88.1 Å². The maximum absolute atomic E-state index is 11.6. The smallest absolute Gasteiger partial charge is 0.306 e. The van der Waals surface area contributed by atoms with Crippen molar-refractivity contribution in [2.24, 2.45) is 0 Å². The summed E-state index contributed by atoms with van der Waals surface area (Å²) in [4.78, 5) is 33.3. The fourth-order valence-corrected chi connectivity index (χ4v) is 0.760. The van der Waals surface area contributed by atoms with Crippen molar-refractivity contribution in [2.75, 3.05) is 54.2 Å². The van der Waals surface area contributed by atoms with Gasteiger partial charge in [0, 0.05) is 63.4 Å². The van der Waals surface area contributed by atoms with Gasteiger partial charge in [-0.1, -0.05) is 0 Å². The topological polar surface area (TPSA) is 76.2 Å². The van der Waals surface area contributed by atoms with Gasteiger partial charge in [-0.2, -0.15) is 0 Å². The SMILES string of the molecule is [2H]C([2H])([2H])N(C([2H])([2H])CC(=O)OC)C([2H])([2H])CC(=O)OC.[2H]C([2H])([2H])N1C([2H])([2H])C([2H])([2H])C(=O)C([2H])([2H])C1([2H])[2H]. The fourth-order valence-electron chi connectivity index (χ4n) is 0.760. The van der Waals surface area contributed by atoms with Gasteiger partial charge in [-0.3, -0.25) is 14.4 Å². The monoisotopic (exact) mass is 334 g/mol. The number of ether oxygens (including phenoxy) is 2. The molecule has 0 amide bonds. The molecule has 1 aliphatic rings. The van der Waals surface area contributed by atoms with E-state index in [0.29, 0.717) is 0 Å². The largest absolute Gasteiger partial charge is 0.469 e. The van der Waals surface area contributed by atoms with Crippen LogP contribution in [0.2, 0.25) is 0 Å². The van der Waals surface area contributed by atoms with Gasteiger partial charge < -0.3 is 19.3 Å². The van der Waals surface area contributed by atoms with Crippen LogP contribution in [0.25, 0.3) is 0 Å². The highest BCUT2D eigenvalue weighted by atomic mass is 16.5. The van der Waals surface area contributed by atoms with Crippen LogP contribution in [0.4, 0.5) is 0 Å². The number of esters is 2. The Balaban J connectivity index is 0.000000763. The van der Waals surface area contributed by atoms with Crippen molar-refractivity contribution in [3.8, 4) is 0 Å². The Morgan fingerprint density at radius 3 is 2.09 bits per heavy atom. The molecule has 1 saturated heterocycles. The summed E-state index contributed by atoms with van der Waals surface area (Å²) in [6.45, 7) is -19.5.